The molecule has 1 aliphatic heterocycles. The van der Waals surface area contributed by atoms with Gasteiger partial charge in [0, 0.05) is 19.7 Å². The Kier molecular flexibility index (Phi) is 4.97. The zero-order valence-corrected chi connectivity index (χ0v) is 12.7. The molecule has 116 valence electrons. The summed E-state index contributed by atoms with van der Waals surface area (Å²) < 4.78 is 32.0. The minimum absolute atomic E-state index is 0.0798. The molecule has 0 amide bonds. The number of carboxylic acids is 1. The number of carboxylic acid groups (broad SMARTS) is 1. The Bertz CT molecular complexity index is 606. The van der Waals surface area contributed by atoms with E-state index in [-0.39, 0.29) is 16.6 Å². The first-order chi connectivity index (χ1) is 9.96. The lowest BCUT2D eigenvalue weighted by Gasteiger charge is -2.31. The van der Waals surface area contributed by atoms with Crippen LogP contribution in [0.15, 0.2) is 29.2 Å². The highest BCUT2D eigenvalue weighted by Crippen LogP contribution is 2.24. The van der Waals surface area contributed by atoms with Crippen LogP contribution in [0.4, 0.5) is 0 Å². The zero-order chi connectivity index (χ0) is 15.5. The number of rotatable bonds is 5. The molecule has 1 fully saturated rings. The van der Waals surface area contributed by atoms with Crippen molar-refractivity contribution in [2.75, 3.05) is 19.7 Å². The van der Waals surface area contributed by atoms with Crippen LogP contribution < -0.4 is 0 Å². The second kappa shape index (κ2) is 6.55. The molecular formula is C14H19NO5S. The number of piperidine rings is 1. The number of aromatic carboxylic acids is 1. The minimum atomic E-state index is -3.78. The first-order valence-electron chi connectivity index (χ1n) is 6.91. The SMILES string of the molecule is CCOC1CCN(S(=O)(=O)c2ccccc2C(=O)O)CC1. The van der Waals surface area contributed by atoms with Gasteiger partial charge in [0.15, 0.2) is 0 Å². The normalized spacial score (nSPS) is 17.8. The van der Waals surface area contributed by atoms with Gasteiger partial charge in [-0.15, -0.1) is 0 Å². The molecule has 0 bridgehead atoms. The molecular weight excluding hydrogens is 294 g/mol. The van der Waals surface area contributed by atoms with Crippen LogP contribution in [0.1, 0.15) is 30.1 Å². The molecule has 7 heteroatoms. The van der Waals surface area contributed by atoms with E-state index in [0.717, 1.165) is 0 Å². The van der Waals surface area contributed by atoms with Gasteiger partial charge in [-0.3, -0.25) is 0 Å². The fraction of sp³-hybridized carbons (Fsp3) is 0.500. The lowest BCUT2D eigenvalue weighted by atomic mass is 10.1. The maximum atomic E-state index is 12.6. The molecule has 6 nitrogen and oxygen atoms in total. The lowest BCUT2D eigenvalue weighted by Crippen LogP contribution is -2.41. The summed E-state index contributed by atoms with van der Waals surface area (Å²) in [5.41, 5.74) is -0.190. The summed E-state index contributed by atoms with van der Waals surface area (Å²) in [6.45, 7) is 3.22. The van der Waals surface area contributed by atoms with Gasteiger partial charge < -0.3 is 9.84 Å². The smallest absolute Gasteiger partial charge is 0.337 e. The molecule has 21 heavy (non-hydrogen) atoms. The topological polar surface area (TPSA) is 83.9 Å². The summed E-state index contributed by atoms with van der Waals surface area (Å²) in [7, 11) is -3.78. The Morgan fingerprint density at radius 3 is 2.52 bits per heavy atom. The van der Waals surface area contributed by atoms with E-state index in [1.165, 1.54) is 28.6 Å². The van der Waals surface area contributed by atoms with Gasteiger partial charge in [0.1, 0.15) is 0 Å². The summed E-state index contributed by atoms with van der Waals surface area (Å²) in [5, 5.41) is 9.14. The molecule has 1 heterocycles. The number of carbonyl (C=O) groups is 1. The van der Waals surface area contributed by atoms with Crippen LogP contribution >= 0.6 is 0 Å². The van der Waals surface area contributed by atoms with Crippen LogP contribution in [0.5, 0.6) is 0 Å². The fourth-order valence-corrected chi connectivity index (χ4v) is 4.14. The fourth-order valence-electron chi connectivity index (χ4n) is 2.48. The Morgan fingerprint density at radius 2 is 1.95 bits per heavy atom. The molecule has 1 aromatic carbocycles. The van der Waals surface area contributed by atoms with Crippen molar-refractivity contribution in [1.82, 2.24) is 4.31 Å². The second-order valence-corrected chi connectivity index (χ2v) is 6.77. The molecule has 0 atom stereocenters. The van der Waals surface area contributed by atoms with Crippen molar-refractivity contribution >= 4 is 16.0 Å². The summed E-state index contributed by atoms with van der Waals surface area (Å²) in [5.74, 6) is -1.24. The Hall–Kier alpha value is -1.44. The van der Waals surface area contributed by atoms with Crippen molar-refractivity contribution in [2.24, 2.45) is 0 Å². The third kappa shape index (κ3) is 3.42. The molecule has 0 aliphatic carbocycles. The van der Waals surface area contributed by atoms with E-state index in [1.807, 2.05) is 6.92 Å². The average molecular weight is 313 g/mol. The van der Waals surface area contributed by atoms with Crippen LogP contribution in [0.2, 0.25) is 0 Å². The maximum Gasteiger partial charge on any atom is 0.337 e. The highest BCUT2D eigenvalue weighted by atomic mass is 32.2. The summed E-state index contributed by atoms with van der Waals surface area (Å²) in [6, 6.07) is 5.70. The predicted octanol–water partition coefficient (Wildman–Crippen LogP) is 1.57. The third-order valence-electron chi connectivity index (χ3n) is 3.54. The van der Waals surface area contributed by atoms with E-state index >= 15 is 0 Å². The van der Waals surface area contributed by atoms with Gasteiger partial charge >= 0.3 is 5.97 Å². The van der Waals surface area contributed by atoms with E-state index in [2.05, 4.69) is 0 Å². The zero-order valence-electron chi connectivity index (χ0n) is 11.9. The number of sulfonamides is 1. The molecule has 0 spiro atoms. The molecule has 2 rings (SSSR count). The van der Waals surface area contributed by atoms with Crippen molar-refractivity contribution in [2.45, 2.75) is 30.8 Å². The first-order valence-corrected chi connectivity index (χ1v) is 8.35. The van der Waals surface area contributed by atoms with Crippen molar-refractivity contribution in [3.63, 3.8) is 0 Å². The Balaban J connectivity index is 2.22. The van der Waals surface area contributed by atoms with E-state index in [1.54, 1.807) is 0 Å². The van der Waals surface area contributed by atoms with E-state index < -0.39 is 16.0 Å². The van der Waals surface area contributed by atoms with Gasteiger partial charge in [-0.2, -0.15) is 4.31 Å². The number of hydrogen-bond acceptors (Lipinski definition) is 4. The Labute approximate surface area is 124 Å². The molecule has 1 N–H and O–H groups in total. The van der Waals surface area contributed by atoms with Crippen molar-refractivity contribution in [1.29, 1.82) is 0 Å². The maximum absolute atomic E-state index is 12.6. The van der Waals surface area contributed by atoms with E-state index in [0.29, 0.717) is 32.5 Å². The number of nitrogens with zero attached hydrogens (tertiary/aromatic N) is 1. The number of ether oxygens (including phenoxy) is 1. The van der Waals surface area contributed by atoms with Crippen LogP contribution in [0.3, 0.4) is 0 Å². The van der Waals surface area contributed by atoms with Crippen molar-refractivity contribution < 1.29 is 23.1 Å². The van der Waals surface area contributed by atoms with Gasteiger partial charge in [-0.25, -0.2) is 13.2 Å². The van der Waals surface area contributed by atoms with Crippen molar-refractivity contribution in [3.8, 4) is 0 Å². The van der Waals surface area contributed by atoms with Gasteiger partial charge in [0.05, 0.1) is 16.6 Å². The molecule has 0 aromatic heterocycles. The molecule has 1 aliphatic rings. The van der Waals surface area contributed by atoms with Gasteiger partial charge in [0.2, 0.25) is 10.0 Å². The monoisotopic (exact) mass is 313 g/mol. The molecule has 0 radical (unpaired) electrons. The minimum Gasteiger partial charge on any atom is -0.478 e. The third-order valence-corrected chi connectivity index (χ3v) is 5.50. The van der Waals surface area contributed by atoms with Gasteiger partial charge in [-0.1, -0.05) is 12.1 Å². The summed E-state index contributed by atoms with van der Waals surface area (Å²) in [4.78, 5) is 11.0. The quantitative estimate of drug-likeness (QED) is 0.892. The summed E-state index contributed by atoms with van der Waals surface area (Å²) in [6.07, 6.45) is 1.33. The van der Waals surface area contributed by atoms with E-state index in [4.69, 9.17) is 9.84 Å². The van der Waals surface area contributed by atoms with Crippen LogP contribution in [0, 0.1) is 0 Å². The molecule has 1 saturated heterocycles. The highest BCUT2D eigenvalue weighted by molar-refractivity contribution is 7.89. The van der Waals surface area contributed by atoms with Crippen LogP contribution in [-0.4, -0.2) is 49.6 Å². The largest absolute Gasteiger partial charge is 0.478 e. The number of hydrogen-bond donors (Lipinski definition) is 1. The highest BCUT2D eigenvalue weighted by Gasteiger charge is 2.32. The number of benzene rings is 1. The second-order valence-electron chi connectivity index (χ2n) is 4.86. The van der Waals surface area contributed by atoms with Gasteiger partial charge in [-0.05, 0) is 31.9 Å². The van der Waals surface area contributed by atoms with E-state index in [9.17, 15) is 13.2 Å². The Morgan fingerprint density at radius 1 is 1.33 bits per heavy atom. The molecule has 0 unspecified atom stereocenters. The van der Waals surface area contributed by atoms with Crippen molar-refractivity contribution in [3.05, 3.63) is 29.8 Å². The lowest BCUT2D eigenvalue weighted by molar-refractivity contribution is 0.0289. The standard InChI is InChI=1S/C14H19NO5S/c1-2-20-11-7-9-15(10-8-11)21(18,19)13-6-4-3-5-12(13)14(16)17/h3-6,11H,2,7-10H2,1H3,(H,16,17). The first kappa shape index (κ1) is 15.9. The summed E-state index contributed by atoms with van der Waals surface area (Å²) >= 11 is 0. The molecule has 0 saturated carbocycles. The van der Waals surface area contributed by atoms with Crippen LogP contribution in [0.25, 0.3) is 0 Å². The molecule has 1 aromatic rings. The van der Waals surface area contributed by atoms with Crippen LogP contribution in [-0.2, 0) is 14.8 Å². The van der Waals surface area contributed by atoms with Gasteiger partial charge in [0.25, 0.3) is 0 Å². The average Bonchev–Trinajstić information content (AvgIpc) is 2.48. The predicted molar refractivity (Wildman–Crippen MR) is 76.8 cm³/mol.